The number of oxazole rings is 1. The molecule has 4 nitrogen and oxygen atoms in total. The number of hydrogen-bond donors (Lipinski definition) is 0. The Kier molecular flexibility index (Phi) is 4.19. The fourth-order valence-corrected chi connectivity index (χ4v) is 5.46. The lowest BCUT2D eigenvalue weighted by Gasteiger charge is -2.09. The summed E-state index contributed by atoms with van der Waals surface area (Å²) in [6.45, 7) is 0. The number of benzene rings is 5. The topological polar surface area (TPSA) is 35.4 Å². The van der Waals surface area contributed by atoms with Crippen LogP contribution < -0.4 is 0 Å². The third kappa shape index (κ3) is 3.06. The summed E-state index contributed by atoms with van der Waals surface area (Å²) in [5.74, 6) is 0.595. The van der Waals surface area contributed by atoms with Gasteiger partial charge in [-0.3, -0.25) is 4.40 Å². The van der Waals surface area contributed by atoms with E-state index in [4.69, 9.17) is 9.40 Å². The second-order valence-electron chi connectivity index (χ2n) is 9.35. The SMILES string of the molecule is c1ccc(-c2ccc3c(c2)oc2nc(-c4cccc(-n5c6ccccc6c6ccccc65)c4)cn23)cc1. The molecule has 0 atom stereocenters. The minimum atomic E-state index is 0.595. The van der Waals surface area contributed by atoms with E-state index in [9.17, 15) is 0 Å². The Balaban J connectivity index is 1.25. The molecular formula is C33H21N3O. The smallest absolute Gasteiger partial charge is 0.307 e. The van der Waals surface area contributed by atoms with Crippen molar-refractivity contribution in [3.8, 4) is 28.1 Å². The number of fused-ring (bicyclic) bond motifs is 6. The van der Waals surface area contributed by atoms with Crippen molar-refractivity contribution in [3.63, 3.8) is 0 Å². The second-order valence-corrected chi connectivity index (χ2v) is 9.35. The summed E-state index contributed by atoms with van der Waals surface area (Å²) < 4.78 is 10.5. The monoisotopic (exact) mass is 475 g/mol. The molecule has 5 aromatic carbocycles. The van der Waals surface area contributed by atoms with Gasteiger partial charge in [0.1, 0.15) is 0 Å². The van der Waals surface area contributed by atoms with Gasteiger partial charge < -0.3 is 8.98 Å². The van der Waals surface area contributed by atoms with Gasteiger partial charge in [0.25, 0.3) is 0 Å². The standard InChI is InChI=1S/C33H21N3O/c1-2-9-22(10-3-1)23-17-18-31-32(20-23)37-33-34-28(21-35(31)33)24-11-8-12-25(19-24)36-29-15-6-4-13-26(29)27-14-5-7-16-30(27)36/h1-21H. The van der Waals surface area contributed by atoms with Crippen molar-refractivity contribution < 1.29 is 4.42 Å². The van der Waals surface area contributed by atoms with Crippen LogP contribution in [0.25, 0.3) is 66.8 Å². The first-order valence-corrected chi connectivity index (χ1v) is 12.4. The van der Waals surface area contributed by atoms with Crippen LogP contribution in [-0.2, 0) is 0 Å². The van der Waals surface area contributed by atoms with E-state index in [1.165, 1.54) is 27.4 Å². The zero-order chi connectivity index (χ0) is 24.3. The molecule has 0 aliphatic carbocycles. The van der Waals surface area contributed by atoms with E-state index in [-0.39, 0.29) is 0 Å². The van der Waals surface area contributed by atoms with Crippen LogP contribution in [0.1, 0.15) is 0 Å². The highest BCUT2D eigenvalue weighted by Crippen LogP contribution is 2.34. The number of para-hydroxylation sites is 2. The van der Waals surface area contributed by atoms with E-state index in [2.05, 4.69) is 114 Å². The highest BCUT2D eigenvalue weighted by atomic mass is 16.4. The van der Waals surface area contributed by atoms with Crippen molar-refractivity contribution in [2.24, 2.45) is 0 Å². The summed E-state index contributed by atoms with van der Waals surface area (Å²) >= 11 is 0. The number of nitrogens with zero attached hydrogens (tertiary/aromatic N) is 3. The number of hydrogen-bond acceptors (Lipinski definition) is 2. The lowest BCUT2D eigenvalue weighted by molar-refractivity contribution is 0.642. The maximum absolute atomic E-state index is 6.18. The summed E-state index contributed by atoms with van der Waals surface area (Å²) in [7, 11) is 0. The average molecular weight is 476 g/mol. The Labute approximate surface area is 212 Å². The van der Waals surface area contributed by atoms with Crippen LogP contribution in [0.15, 0.2) is 132 Å². The van der Waals surface area contributed by atoms with E-state index in [0.29, 0.717) is 5.84 Å². The highest BCUT2D eigenvalue weighted by molar-refractivity contribution is 6.09. The molecule has 0 aliphatic heterocycles. The van der Waals surface area contributed by atoms with Crippen molar-refractivity contribution in [1.29, 1.82) is 0 Å². The third-order valence-corrected chi connectivity index (χ3v) is 7.18. The molecule has 0 unspecified atom stereocenters. The quantitative estimate of drug-likeness (QED) is 0.257. The largest absolute Gasteiger partial charge is 0.423 e. The van der Waals surface area contributed by atoms with Crippen LogP contribution >= 0.6 is 0 Å². The van der Waals surface area contributed by atoms with E-state index in [0.717, 1.165) is 33.6 Å². The normalized spacial score (nSPS) is 11.8. The number of aromatic nitrogens is 3. The van der Waals surface area contributed by atoms with E-state index < -0.39 is 0 Å². The van der Waals surface area contributed by atoms with Gasteiger partial charge >= 0.3 is 5.84 Å². The van der Waals surface area contributed by atoms with Gasteiger partial charge in [-0.1, -0.05) is 84.9 Å². The van der Waals surface area contributed by atoms with Gasteiger partial charge in [0.15, 0.2) is 5.58 Å². The molecule has 174 valence electrons. The first kappa shape index (κ1) is 20.1. The van der Waals surface area contributed by atoms with Crippen molar-refractivity contribution in [2.45, 2.75) is 0 Å². The lowest BCUT2D eigenvalue weighted by Crippen LogP contribution is -1.94. The molecule has 0 fully saturated rings. The van der Waals surface area contributed by atoms with Crippen LogP contribution in [0.3, 0.4) is 0 Å². The summed E-state index contributed by atoms with van der Waals surface area (Å²) in [5, 5.41) is 2.51. The Hall–Kier alpha value is -5.09. The van der Waals surface area contributed by atoms with E-state index in [1.54, 1.807) is 0 Å². The molecule has 8 aromatic rings. The number of imidazole rings is 1. The fraction of sp³-hybridized carbons (Fsp3) is 0. The molecule has 0 saturated carbocycles. The molecule has 0 bridgehead atoms. The van der Waals surface area contributed by atoms with Gasteiger partial charge in [-0.05, 0) is 47.5 Å². The molecule has 4 heteroatoms. The molecule has 0 amide bonds. The van der Waals surface area contributed by atoms with Crippen LogP contribution in [0, 0.1) is 0 Å². The van der Waals surface area contributed by atoms with E-state index >= 15 is 0 Å². The maximum atomic E-state index is 6.18. The highest BCUT2D eigenvalue weighted by Gasteiger charge is 2.15. The zero-order valence-electron chi connectivity index (χ0n) is 19.9. The summed E-state index contributed by atoms with van der Waals surface area (Å²) in [4.78, 5) is 4.86. The molecule has 37 heavy (non-hydrogen) atoms. The first-order chi connectivity index (χ1) is 18.3. The lowest BCUT2D eigenvalue weighted by atomic mass is 10.1. The van der Waals surface area contributed by atoms with Gasteiger partial charge in [-0.25, -0.2) is 0 Å². The van der Waals surface area contributed by atoms with Crippen LogP contribution in [0.5, 0.6) is 0 Å². The molecule has 8 rings (SSSR count). The minimum absolute atomic E-state index is 0.595. The summed E-state index contributed by atoms with van der Waals surface area (Å²) in [5.41, 5.74) is 9.56. The van der Waals surface area contributed by atoms with Crippen molar-refractivity contribution in [3.05, 3.63) is 128 Å². The van der Waals surface area contributed by atoms with E-state index in [1.807, 2.05) is 22.6 Å². The Bertz CT molecular complexity index is 2040. The Morgan fingerprint density at radius 1 is 0.541 bits per heavy atom. The molecule has 0 saturated heterocycles. The number of rotatable bonds is 3. The maximum Gasteiger partial charge on any atom is 0.307 e. The van der Waals surface area contributed by atoms with Crippen molar-refractivity contribution in [2.75, 3.05) is 0 Å². The van der Waals surface area contributed by atoms with Crippen molar-refractivity contribution >= 4 is 38.7 Å². The van der Waals surface area contributed by atoms with Gasteiger partial charge in [0.2, 0.25) is 0 Å². The average Bonchev–Trinajstić information content (AvgIpc) is 3.63. The molecule has 0 aliphatic rings. The van der Waals surface area contributed by atoms with Gasteiger partial charge in [-0.15, -0.1) is 0 Å². The first-order valence-electron chi connectivity index (χ1n) is 12.4. The third-order valence-electron chi connectivity index (χ3n) is 7.18. The molecule has 0 spiro atoms. The van der Waals surface area contributed by atoms with Gasteiger partial charge in [-0.2, -0.15) is 4.98 Å². The fourth-order valence-electron chi connectivity index (χ4n) is 5.46. The second kappa shape index (κ2) is 7.70. The summed E-state index contributed by atoms with van der Waals surface area (Å²) in [6, 6.07) is 42.4. The minimum Gasteiger partial charge on any atom is -0.423 e. The Morgan fingerprint density at radius 2 is 1.24 bits per heavy atom. The predicted molar refractivity (Wildman–Crippen MR) is 150 cm³/mol. The molecule has 3 aromatic heterocycles. The van der Waals surface area contributed by atoms with Crippen LogP contribution in [0.4, 0.5) is 0 Å². The van der Waals surface area contributed by atoms with Crippen LogP contribution in [-0.4, -0.2) is 14.0 Å². The zero-order valence-corrected chi connectivity index (χ0v) is 19.9. The summed E-state index contributed by atoms with van der Waals surface area (Å²) in [6.07, 6.45) is 2.06. The van der Waals surface area contributed by atoms with Gasteiger partial charge in [0.05, 0.1) is 22.2 Å². The molecule has 0 radical (unpaired) electrons. The predicted octanol–water partition coefficient (Wildman–Crippen LogP) is 8.51. The molecular weight excluding hydrogens is 454 g/mol. The van der Waals surface area contributed by atoms with Crippen molar-refractivity contribution in [1.82, 2.24) is 14.0 Å². The van der Waals surface area contributed by atoms with Crippen LogP contribution in [0.2, 0.25) is 0 Å². The Morgan fingerprint density at radius 3 is 2.03 bits per heavy atom. The molecule has 3 heterocycles. The molecule has 0 N–H and O–H groups in total. The van der Waals surface area contributed by atoms with Gasteiger partial charge in [0, 0.05) is 28.2 Å².